The van der Waals surface area contributed by atoms with E-state index in [2.05, 4.69) is 526 Å². The number of benzene rings is 19. The molecule has 0 N–H and O–H groups in total. The van der Waals surface area contributed by atoms with Gasteiger partial charge in [-0.15, -0.1) is 0 Å². The summed E-state index contributed by atoms with van der Waals surface area (Å²) in [5.41, 5.74) is 41.9. The lowest BCUT2D eigenvalue weighted by molar-refractivity contribution is 1.45. The van der Waals surface area contributed by atoms with Crippen molar-refractivity contribution in [2.45, 2.75) is 34.6 Å². The molecule has 119 heavy (non-hydrogen) atoms. The van der Waals surface area contributed by atoms with E-state index in [9.17, 15) is 0 Å². The molecule has 0 amide bonds. The number of rotatable bonds is 14. The van der Waals surface area contributed by atoms with Gasteiger partial charge in [0.15, 0.2) is 0 Å². The topological polar surface area (TPSA) is 0 Å². The summed E-state index contributed by atoms with van der Waals surface area (Å²) in [7, 11) is 0. The molecule has 0 saturated heterocycles. The number of hydrogen-bond acceptors (Lipinski definition) is 0. The van der Waals surface area contributed by atoms with E-state index in [0.717, 1.165) is 0 Å². The van der Waals surface area contributed by atoms with Crippen LogP contribution >= 0.6 is 0 Å². The molecular formula is C119H96. The van der Waals surface area contributed by atoms with Crippen LogP contribution in [0.1, 0.15) is 27.8 Å². The molecule has 19 aromatic carbocycles. The molecule has 572 valence electrons. The molecule has 0 saturated carbocycles. The second kappa shape index (κ2) is 39.5. The van der Waals surface area contributed by atoms with Crippen molar-refractivity contribution in [3.05, 3.63) is 519 Å². The van der Waals surface area contributed by atoms with Crippen molar-refractivity contribution in [1.82, 2.24) is 0 Å². The Hall–Kier alpha value is -14.8. The monoisotopic (exact) mass is 1520 g/mol. The van der Waals surface area contributed by atoms with Crippen LogP contribution in [-0.2, 0) is 0 Å². The maximum Gasteiger partial charge on any atom is -0.0103 e. The van der Waals surface area contributed by atoms with Crippen molar-refractivity contribution in [2.24, 2.45) is 0 Å². The Bertz CT molecular complexity index is 6420. The fourth-order valence-corrected chi connectivity index (χ4v) is 15.5. The molecule has 19 rings (SSSR count). The van der Waals surface area contributed by atoms with E-state index in [1.54, 1.807) is 0 Å². The van der Waals surface area contributed by atoms with Gasteiger partial charge in [0.25, 0.3) is 0 Å². The Labute approximate surface area is 704 Å². The highest BCUT2D eigenvalue weighted by Gasteiger charge is 2.14. The summed E-state index contributed by atoms with van der Waals surface area (Å²) in [6.07, 6.45) is 0. The fourth-order valence-electron chi connectivity index (χ4n) is 15.5. The summed E-state index contributed by atoms with van der Waals surface area (Å²) < 4.78 is 0. The number of hydrogen-bond donors (Lipinski definition) is 0. The largest absolute Gasteiger partial charge is 0.0622 e. The predicted molar refractivity (Wildman–Crippen MR) is 512 cm³/mol. The summed E-state index contributed by atoms with van der Waals surface area (Å²) in [5.74, 6) is 0. The van der Waals surface area contributed by atoms with Crippen LogP contribution in [0.25, 0.3) is 156 Å². The van der Waals surface area contributed by atoms with Gasteiger partial charge in [0.2, 0.25) is 0 Å². The standard InChI is InChI=1S/4C25H20.C19H16/c1-19-9-5-6-12-23(19)25-14-8-7-13-24(25)22-17-15-21(16-18-22)20-10-3-2-4-11-20;1-19-8-7-11-23(18-19)25-13-6-5-12-24(25)22-16-14-21(15-17-22)20-9-3-2-4-10-20;1-19-8-5-6-13-25(19)24-12-7-11-23(18-24)22-16-14-21(15-17-22)20-9-3-2-4-10-20;1-19-11-13-22(14-12-19)24-9-5-6-10-25(24)23-17-15-21(16-18-23)20-7-3-2-4-8-20;1-15-9-5-6-12-17(15)19-14-8-7-13-18(19)16-10-3-2-4-11-16/h4*2-18H,1H3;2-14H,1H3. The lowest BCUT2D eigenvalue weighted by Gasteiger charge is -2.13. The van der Waals surface area contributed by atoms with Gasteiger partial charge in [0.1, 0.15) is 0 Å². The minimum Gasteiger partial charge on any atom is -0.0622 e. The molecule has 0 aliphatic heterocycles. The summed E-state index contributed by atoms with van der Waals surface area (Å²) in [4.78, 5) is 0. The zero-order chi connectivity index (χ0) is 81.3. The molecule has 0 heteroatoms. The Balaban J connectivity index is 0.000000116. The van der Waals surface area contributed by atoms with E-state index in [1.807, 2.05) is 0 Å². The Morgan fingerprint density at radius 1 is 0.0924 bits per heavy atom. The van der Waals surface area contributed by atoms with Gasteiger partial charge in [-0.3, -0.25) is 0 Å². The SMILES string of the molecule is Cc1ccc(-c2ccccc2-c2ccc(-c3ccccc3)cc2)cc1.Cc1cccc(-c2ccccc2-c2ccc(-c3ccccc3)cc2)c1.Cc1ccccc1-c1cccc(-c2ccc(-c3ccccc3)cc2)c1.Cc1ccccc1-c1ccccc1-c1ccc(-c2ccccc2)cc1.Cc1ccccc1-c1ccccc1-c1ccccc1. The third kappa shape index (κ3) is 20.3. The van der Waals surface area contributed by atoms with Gasteiger partial charge in [-0.1, -0.05) is 496 Å². The minimum absolute atomic E-state index is 1.25. The van der Waals surface area contributed by atoms with E-state index >= 15 is 0 Å². The van der Waals surface area contributed by atoms with Gasteiger partial charge in [-0.25, -0.2) is 0 Å². The third-order valence-electron chi connectivity index (χ3n) is 21.9. The zero-order valence-electron chi connectivity index (χ0n) is 68.3. The van der Waals surface area contributed by atoms with E-state index in [0.29, 0.717) is 0 Å². The highest BCUT2D eigenvalue weighted by atomic mass is 14.2. The van der Waals surface area contributed by atoms with Crippen molar-refractivity contribution in [3.63, 3.8) is 0 Å². The van der Waals surface area contributed by atoms with Crippen molar-refractivity contribution < 1.29 is 0 Å². The first-order valence-corrected chi connectivity index (χ1v) is 41.1. The number of aryl methyl sites for hydroxylation is 5. The second-order valence-corrected chi connectivity index (χ2v) is 30.1. The maximum absolute atomic E-state index is 2.28. The first-order chi connectivity index (χ1) is 58.6. The van der Waals surface area contributed by atoms with Crippen LogP contribution in [0, 0.1) is 34.6 Å². The van der Waals surface area contributed by atoms with Gasteiger partial charge in [-0.05, 0) is 213 Å². The molecule has 0 spiro atoms. The molecule has 0 aliphatic rings. The highest BCUT2D eigenvalue weighted by Crippen LogP contribution is 2.40. The molecule has 0 heterocycles. The molecule has 0 atom stereocenters. The van der Waals surface area contributed by atoms with Crippen molar-refractivity contribution in [2.75, 3.05) is 0 Å². The van der Waals surface area contributed by atoms with E-state index in [4.69, 9.17) is 0 Å². The highest BCUT2D eigenvalue weighted by molar-refractivity contribution is 5.89. The molecule has 0 radical (unpaired) electrons. The second-order valence-electron chi connectivity index (χ2n) is 30.1. The van der Waals surface area contributed by atoms with E-state index in [-0.39, 0.29) is 0 Å². The van der Waals surface area contributed by atoms with E-state index < -0.39 is 0 Å². The van der Waals surface area contributed by atoms with Crippen molar-refractivity contribution in [1.29, 1.82) is 0 Å². The zero-order valence-corrected chi connectivity index (χ0v) is 68.3. The molecule has 19 aromatic rings. The average Bonchev–Trinajstić information content (AvgIpc) is 0.798. The third-order valence-corrected chi connectivity index (χ3v) is 21.9. The van der Waals surface area contributed by atoms with Crippen LogP contribution in [0.15, 0.2) is 491 Å². The smallest absolute Gasteiger partial charge is 0.0103 e. The van der Waals surface area contributed by atoms with Gasteiger partial charge in [-0.2, -0.15) is 0 Å². The minimum atomic E-state index is 1.25. The van der Waals surface area contributed by atoms with Crippen LogP contribution in [-0.4, -0.2) is 0 Å². The molecule has 0 aliphatic carbocycles. The fraction of sp³-hybridized carbons (Fsp3) is 0.0420. The van der Waals surface area contributed by atoms with Crippen LogP contribution < -0.4 is 0 Å². The van der Waals surface area contributed by atoms with Crippen LogP contribution in [0.3, 0.4) is 0 Å². The summed E-state index contributed by atoms with van der Waals surface area (Å²) in [6.45, 7) is 10.8. The van der Waals surface area contributed by atoms with Gasteiger partial charge in [0.05, 0.1) is 0 Å². The first-order valence-electron chi connectivity index (χ1n) is 41.1. The van der Waals surface area contributed by atoms with Crippen LogP contribution in [0.2, 0.25) is 0 Å². The maximum atomic E-state index is 2.28. The van der Waals surface area contributed by atoms with Gasteiger partial charge >= 0.3 is 0 Å². The molecule has 0 nitrogen and oxygen atoms in total. The quantitative estimate of drug-likeness (QED) is 0.102. The first kappa shape index (κ1) is 79.4. The van der Waals surface area contributed by atoms with Gasteiger partial charge < -0.3 is 0 Å². The molecule has 0 fully saturated rings. The lowest BCUT2D eigenvalue weighted by Crippen LogP contribution is -1.88. The lowest BCUT2D eigenvalue weighted by atomic mass is 9.91. The van der Waals surface area contributed by atoms with Gasteiger partial charge in [0, 0.05) is 0 Å². The van der Waals surface area contributed by atoms with Crippen molar-refractivity contribution in [3.8, 4) is 156 Å². The molecule has 0 aromatic heterocycles. The Kier molecular flexibility index (Phi) is 26.3. The normalized spacial score (nSPS) is 10.6. The average molecular weight is 1530 g/mol. The predicted octanol–water partition coefficient (Wildman–Crippen LogP) is 33.3. The van der Waals surface area contributed by atoms with Crippen LogP contribution in [0.4, 0.5) is 0 Å². The Morgan fingerprint density at radius 2 is 0.277 bits per heavy atom. The van der Waals surface area contributed by atoms with Crippen molar-refractivity contribution >= 4 is 0 Å². The van der Waals surface area contributed by atoms with Crippen LogP contribution in [0.5, 0.6) is 0 Å². The molecule has 0 bridgehead atoms. The van der Waals surface area contributed by atoms with E-state index in [1.165, 1.54) is 184 Å². The summed E-state index contributed by atoms with van der Waals surface area (Å²) in [5, 5.41) is 0. The molecular weight excluding hydrogens is 1430 g/mol. The molecule has 0 unspecified atom stereocenters. The Morgan fingerprint density at radius 3 is 0.588 bits per heavy atom. The summed E-state index contributed by atoms with van der Waals surface area (Å²) in [6, 6.07) is 174. The summed E-state index contributed by atoms with van der Waals surface area (Å²) >= 11 is 0.